The summed E-state index contributed by atoms with van der Waals surface area (Å²) in [5.41, 5.74) is 1.11. The summed E-state index contributed by atoms with van der Waals surface area (Å²) >= 11 is 6.04. The van der Waals surface area contributed by atoms with Crippen LogP contribution in [-0.2, 0) is 13.6 Å². The maximum absolute atomic E-state index is 13.2. The Labute approximate surface area is 158 Å². The van der Waals surface area contributed by atoms with Gasteiger partial charge in [0.15, 0.2) is 11.5 Å². The van der Waals surface area contributed by atoms with Crippen molar-refractivity contribution in [2.45, 2.75) is 13.5 Å². The first-order chi connectivity index (χ1) is 12.8. The van der Waals surface area contributed by atoms with E-state index in [1.54, 1.807) is 23.7 Å². The predicted octanol–water partition coefficient (Wildman–Crippen LogP) is 2.72. The Morgan fingerprint density at radius 3 is 2.74 bits per heavy atom. The third-order valence-electron chi connectivity index (χ3n) is 3.94. The van der Waals surface area contributed by atoms with Gasteiger partial charge in [-0.15, -0.1) is 0 Å². The number of aromatic carboxylic acids is 1. The maximum Gasteiger partial charge on any atom is 0.354 e. The molecule has 0 spiro atoms. The van der Waals surface area contributed by atoms with E-state index in [0.717, 1.165) is 10.4 Å². The highest BCUT2D eigenvalue weighted by Gasteiger charge is 2.22. The van der Waals surface area contributed by atoms with Gasteiger partial charge in [0, 0.05) is 23.8 Å². The fraction of sp³-hybridized carbons (Fsp3) is 0.176. The van der Waals surface area contributed by atoms with Gasteiger partial charge >= 0.3 is 5.97 Å². The molecule has 1 amide bonds. The number of rotatable bonds is 5. The van der Waals surface area contributed by atoms with Crippen molar-refractivity contribution < 1.29 is 19.1 Å². The number of halogens is 2. The molecular formula is C17H15ClFN5O3. The molecule has 0 unspecified atom stereocenters. The Kier molecular flexibility index (Phi) is 4.95. The van der Waals surface area contributed by atoms with Gasteiger partial charge < -0.3 is 10.4 Å². The van der Waals surface area contributed by atoms with Crippen molar-refractivity contribution in [1.82, 2.24) is 19.6 Å². The molecule has 1 aromatic carbocycles. The van der Waals surface area contributed by atoms with Crippen LogP contribution in [0.4, 0.5) is 10.2 Å². The molecule has 0 bridgehead atoms. The third kappa shape index (κ3) is 3.82. The number of benzene rings is 1. The van der Waals surface area contributed by atoms with Crippen LogP contribution in [0.5, 0.6) is 0 Å². The van der Waals surface area contributed by atoms with Crippen LogP contribution >= 0.6 is 11.6 Å². The molecule has 0 aliphatic rings. The van der Waals surface area contributed by atoms with Crippen LogP contribution in [0, 0.1) is 12.7 Å². The minimum absolute atomic E-state index is 0.0706. The van der Waals surface area contributed by atoms with Crippen molar-refractivity contribution in [3.05, 3.63) is 63.8 Å². The molecule has 2 N–H and O–H groups in total. The van der Waals surface area contributed by atoms with Crippen LogP contribution in [0.3, 0.4) is 0 Å². The molecule has 2 aromatic heterocycles. The van der Waals surface area contributed by atoms with E-state index >= 15 is 0 Å². The maximum atomic E-state index is 13.2. The molecule has 3 rings (SSSR count). The summed E-state index contributed by atoms with van der Waals surface area (Å²) in [6.45, 7) is 2.07. The number of aryl methyl sites for hydroxylation is 2. The van der Waals surface area contributed by atoms with E-state index in [1.165, 1.54) is 25.4 Å². The van der Waals surface area contributed by atoms with Crippen LogP contribution < -0.4 is 5.32 Å². The highest BCUT2D eigenvalue weighted by Crippen LogP contribution is 2.20. The standard InChI is InChI=1S/C17H15ClFN5O3/c1-9-5-14(21-16(25)12-7-20-23(2)15(12)17(26)27)22-24(9)8-10-3-4-11(19)6-13(10)18/h3-7H,8H2,1-2H3,(H,26,27)(H,21,22,25). The summed E-state index contributed by atoms with van der Waals surface area (Å²) in [4.78, 5) is 23.7. The number of carboxylic acid groups (broad SMARTS) is 1. The zero-order valence-corrected chi connectivity index (χ0v) is 15.2. The topological polar surface area (TPSA) is 102 Å². The fourth-order valence-corrected chi connectivity index (χ4v) is 2.81. The van der Waals surface area contributed by atoms with Crippen molar-refractivity contribution in [2.24, 2.45) is 7.05 Å². The van der Waals surface area contributed by atoms with Gasteiger partial charge in [0.25, 0.3) is 5.91 Å². The number of hydrogen-bond donors (Lipinski definition) is 2. The van der Waals surface area contributed by atoms with Gasteiger partial charge in [0.1, 0.15) is 5.82 Å². The number of amides is 1. The molecule has 0 saturated carbocycles. The Hall–Kier alpha value is -3.20. The van der Waals surface area contributed by atoms with Crippen molar-refractivity contribution in [3.63, 3.8) is 0 Å². The normalized spacial score (nSPS) is 10.8. The molecular weight excluding hydrogens is 377 g/mol. The molecule has 0 saturated heterocycles. The van der Waals surface area contributed by atoms with Gasteiger partial charge in [0.2, 0.25) is 0 Å². The molecule has 0 aliphatic heterocycles. The average molecular weight is 392 g/mol. The summed E-state index contributed by atoms with van der Waals surface area (Å²) in [7, 11) is 1.44. The lowest BCUT2D eigenvalue weighted by Crippen LogP contribution is -2.17. The lowest BCUT2D eigenvalue weighted by atomic mass is 10.2. The molecule has 0 aliphatic carbocycles. The highest BCUT2D eigenvalue weighted by molar-refractivity contribution is 6.31. The third-order valence-corrected chi connectivity index (χ3v) is 4.30. The average Bonchev–Trinajstić information content (AvgIpc) is 3.13. The second kappa shape index (κ2) is 7.20. The van der Waals surface area contributed by atoms with Crippen molar-refractivity contribution >= 4 is 29.3 Å². The Morgan fingerprint density at radius 1 is 1.33 bits per heavy atom. The first kappa shape index (κ1) is 18.6. The van der Waals surface area contributed by atoms with E-state index in [4.69, 9.17) is 11.6 Å². The van der Waals surface area contributed by atoms with E-state index in [0.29, 0.717) is 5.56 Å². The summed E-state index contributed by atoms with van der Waals surface area (Å²) < 4.78 is 15.9. The van der Waals surface area contributed by atoms with Crippen molar-refractivity contribution in [2.75, 3.05) is 5.32 Å². The number of carboxylic acids is 1. The molecule has 140 valence electrons. The van der Waals surface area contributed by atoms with E-state index in [-0.39, 0.29) is 28.6 Å². The Balaban J connectivity index is 1.80. The molecule has 0 atom stereocenters. The Bertz CT molecular complexity index is 1040. The van der Waals surface area contributed by atoms with Gasteiger partial charge in [-0.05, 0) is 24.6 Å². The smallest absolute Gasteiger partial charge is 0.354 e. The second-order valence-corrected chi connectivity index (χ2v) is 6.26. The lowest BCUT2D eigenvalue weighted by molar-refractivity contribution is 0.0680. The quantitative estimate of drug-likeness (QED) is 0.696. The van der Waals surface area contributed by atoms with Gasteiger partial charge in [0.05, 0.1) is 18.3 Å². The second-order valence-electron chi connectivity index (χ2n) is 5.85. The van der Waals surface area contributed by atoms with Crippen molar-refractivity contribution in [3.8, 4) is 0 Å². The van der Waals surface area contributed by atoms with Gasteiger partial charge in [-0.25, -0.2) is 9.18 Å². The fourth-order valence-electron chi connectivity index (χ4n) is 2.58. The zero-order chi connectivity index (χ0) is 19.7. The van der Waals surface area contributed by atoms with E-state index in [9.17, 15) is 19.1 Å². The minimum atomic E-state index is -1.26. The molecule has 27 heavy (non-hydrogen) atoms. The summed E-state index contributed by atoms with van der Waals surface area (Å²) in [5, 5.41) is 20.1. The van der Waals surface area contributed by atoms with E-state index in [2.05, 4.69) is 15.5 Å². The van der Waals surface area contributed by atoms with Crippen LogP contribution in [0.2, 0.25) is 5.02 Å². The van der Waals surface area contributed by atoms with Gasteiger partial charge in [-0.2, -0.15) is 10.2 Å². The van der Waals surface area contributed by atoms with E-state index < -0.39 is 17.7 Å². The summed E-state index contributed by atoms with van der Waals surface area (Å²) in [6, 6.07) is 5.71. The largest absolute Gasteiger partial charge is 0.477 e. The van der Waals surface area contributed by atoms with Crippen LogP contribution in [0.15, 0.2) is 30.5 Å². The molecule has 0 radical (unpaired) electrons. The Morgan fingerprint density at radius 2 is 2.07 bits per heavy atom. The SMILES string of the molecule is Cc1cc(NC(=O)c2cnn(C)c2C(=O)O)nn1Cc1ccc(F)cc1Cl. The molecule has 0 fully saturated rings. The summed E-state index contributed by atoms with van der Waals surface area (Å²) in [5.74, 6) is -2.08. The van der Waals surface area contributed by atoms with Crippen LogP contribution in [0.25, 0.3) is 0 Å². The van der Waals surface area contributed by atoms with Crippen molar-refractivity contribution in [1.29, 1.82) is 0 Å². The van der Waals surface area contributed by atoms with Crippen LogP contribution in [-0.4, -0.2) is 36.5 Å². The first-order valence-corrected chi connectivity index (χ1v) is 8.19. The number of nitrogens with zero attached hydrogens (tertiary/aromatic N) is 4. The number of hydrogen-bond acceptors (Lipinski definition) is 4. The number of carbonyl (C=O) groups excluding carboxylic acids is 1. The van der Waals surface area contributed by atoms with E-state index in [1.807, 2.05) is 0 Å². The monoisotopic (exact) mass is 391 g/mol. The number of anilines is 1. The van der Waals surface area contributed by atoms with Gasteiger partial charge in [-0.1, -0.05) is 17.7 Å². The number of carbonyl (C=O) groups is 2. The molecule has 3 aromatic rings. The molecule has 10 heteroatoms. The molecule has 2 heterocycles. The van der Waals surface area contributed by atoms with Crippen LogP contribution in [0.1, 0.15) is 32.1 Å². The minimum Gasteiger partial charge on any atom is -0.477 e. The van der Waals surface area contributed by atoms with Gasteiger partial charge in [-0.3, -0.25) is 14.2 Å². The zero-order valence-electron chi connectivity index (χ0n) is 14.4. The lowest BCUT2D eigenvalue weighted by Gasteiger charge is -2.07. The summed E-state index contributed by atoms with van der Waals surface area (Å²) in [6.07, 6.45) is 1.18. The molecule has 8 nitrogen and oxygen atoms in total. The predicted molar refractivity (Wildman–Crippen MR) is 95.6 cm³/mol. The first-order valence-electron chi connectivity index (χ1n) is 7.81. The highest BCUT2D eigenvalue weighted by atomic mass is 35.5. The number of aromatic nitrogens is 4. The number of nitrogens with one attached hydrogen (secondary N) is 1.